The van der Waals surface area contributed by atoms with Gasteiger partial charge >= 0.3 is 0 Å². The maximum Gasteiger partial charge on any atom is 0.133 e. The third kappa shape index (κ3) is 2.90. The molecule has 5 nitrogen and oxygen atoms in total. The van der Waals surface area contributed by atoms with Gasteiger partial charge in [0.15, 0.2) is 0 Å². The number of hydrogen-bond donors (Lipinski definition) is 2. The summed E-state index contributed by atoms with van der Waals surface area (Å²) in [7, 11) is 1.64. The number of methoxy groups -OCH3 is 1. The summed E-state index contributed by atoms with van der Waals surface area (Å²) in [5, 5.41) is 4.32. The maximum atomic E-state index is 5.75. The van der Waals surface area contributed by atoms with Gasteiger partial charge in [-0.2, -0.15) is 5.10 Å². The first-order valence-corrected chi connectivity index (χ1v) is 7.71. The molecule has 0 fully saturated rings. The minimum atomic E-state index is -0.158. The molecule has 1 aromatic heterocycles. The van der Waals surface area contributed by atoms with E-state index >= 15 is 0 Å². The third-order valence-corrected chi connectivity index (χ3v) is 4.31. The Balaban J connectivity index is 2.47. The molecule has 7 heteroatoms. The second kappa shape index (κ2) is 6.71. The molecular formula is C13H16Br2N4O. The van der Waals surface area contributed by atoms with Crippen molar-refractivity contribution < 1.29 is 4.74 Å². The number of hydrazine groups is 1. The first kappa shape index (κ1) is 15.5. The average molecular weight is 404 g/mol. The molecule has 0 saturated carbocycles. The summed E-state index contributed by atoms with van der Waals surface area (Å²) in [5.74, 6) is 6.54. The van der Waals surface area contributed by atoms with Crippen LogP contribution in [0.1, 0.15) is 24.2 Å². The van der Waals surface area contributed by atoms with Crippen LogP contribution in [-0.2, 0) is 6.54 Å². The number of aromatic nitrogens is 2. The van der Waals surface area contributed by atoms with Crippen LogP contribution in [-0.4, -0.2) is 16.9 Å². The molecule has 0 saturated heterocycles. The van der Waals surface area contributed by atoms with Gasteiger partial charge in [-0.1, -0.05) is 6.07 Å². The van der Waals surface area contributed by atoms with Crippen LogP contribution < -0.4 is 16.0 Å². The van der Waals surface area contributed by atoms with Crippen molar-refractivity contribution in [3.8, 4) is 5.75 Å². The van der Waals surface area contributed by atoms with Crippen molar-refractivity contribution in [2.24, 2.45) is 5.84 Å². The number of nitrogens with one attached hydrogen (secondary N) is 1. The number of nitrogens with two attached hydrogens (primary N) is 1. The minimum absolute atomic E-state index is 0.158. The molecule has 0 aliphatic carbocycles. The van der Waals surface area contributed by atoms with Crippen LogP contribution in [0.4, 0.5) is 0 Å². The molecular weight excluding hydrogens is 388 g/mol. The van der Waals surface area contributed by atoms with Crippen LogP contribution in [0.15, 0.2) is 33.3 Å². The van der Waals surface area contributed by atoms with Crippen molar-refractivity contribution in [1.82, 2.24) is 15.2 Å². The van der Waals surface area contributed by atoms with Gasteiger partial charge in [-0.05, 0) is 56.5 Å². The van der Waals surface area contributed by atoms with Gasteiger partial charge in [0.25, 0.3) is 0 Å². The number of halogens is 2. The van der Waals surface area contributed by atoms with Crippen LogP contribution in [0.5, 0.6) is 5.75 Å². The van der Waals surface area contributed by atoms with Gasteiger partial charge in [-0.3, -0.25) is 10.5 Å². The van der Waals surface area contributed by atoms with E-state index in [9.17, 15) is 0 Å². The zero-order chi connectivity index (χ0) is 14.7. The van der Waals surface area contributed by atoms with Crippen LogP contribution in [0, 0.1) is 0 Å². The first-order chi connectivity index (χ1) is 9.62. The summed E-state index contributed by atoms with van der Waals surface area (Å²) in [6.07, 6.45) is 1.78. The number of benzene rings is 1. The normalized spacial score (nSPS) is 12.4. The quantitative estimate of drug-likeness (QED) is 0.594. The smallest absolute Gasteiger partial charge is 0.133 e. The van der Waals surface area contributed by atoms with Crippen molar-refractivity contribution in [2.45, 2.75) is 19.5 Å². The molecule has 0 amide bonds. The summed E-state index contributed by atoms with van der Waals surface area (Å²) in [6, 6.07) is 5.72. The Morgan fingerprint density at radius 1 is 1.40 bits per heavy atom. The average Bonchev–Trinajstić information content (AvgIpc) is 2.81. The van der Waals surface area contributed by atoms with E-state index in [1.807, 2.05) is 29.8 Å². The number of hydrogen-bond acceptors (Lipinski definition) is 4. The van der Waals surface area contributed by atoms with E-state index in [0.717, 1.165) is 32.5 Å². The summed E-state index contributed by atoms with van der Waals surface area (Å²) in [5.41, 5.74) is 4.87. The van der Waals surface area contributed by atoms with E-state index in [2.05, 4.69) is 42.4 Å². The Morgan fingerprint density at radius 3 is 2.70 bits per heavy atom. The van der Waals surface area contributed by atoms with E-state index in [0.29, 0.717) is 0 Å². The molecule has 0 bridgehead atoms. The lowest BCUT2D eigenvalue weighted by Gasteiger charge is -2.19. The summed E-state index contributed by atoms with van der Waals surface area (Å²) < 4.78 is 8.97. The molecule has 0 aliphatic rings. The van der Waals surface area contributed by atoms with Crippen molar-refractivity contribution in [1.29, 1.82) is 0 Å². The Bertz CT molecular complexity index is 600. The molecule has 1 heterocycles. The summed E-state index contributed by atoms with van der Waals surface area (Å²) in [6.45, 7) is 2.82. The molecule has 0 spiro atoms. The topological polar surface area (TPSA) is 65.1 Å². The highest BCUT2D eigenvalue weighted by Crippen LogP contribution is 2.32. The minimum Gasteiger partial charge on any atom is -0.496 e. The van der Waals surface area contributed by atoms with E-state index in [1.165, 1.54) is 0 Å². The van der Waals surface area contributed by atoms with Crippen molar-refractivity contribution in [3.05, 3.63) is 44.6 Å². The maximum absolute atomic E-state index is 5.75. The zero-order valence-electron chi connectivity index (χ0n) is 11.2. The highest BCUT2D eigenvalue weighted by Gasteiger charge is 2.21. The molecule has 0 radical (unpaired) electrons. The molecule has 1 atom stereocenters. The van der Waals surface area contributed by atoms with Gasteiger partial charge < -0.3 is 4.74 Å². The second-order valence-corrected chi connectivity index (χ2v) is 5.90. The van der Waals surface area contributed by atoms with Gasteiger partial charge in [-0.15, -0.1) is 0 Å². The molecule has 20 heavy (non-hydrogen) atoms. The summed E-state index contributed by atoms with van der Waals surface area (Å²) >= 11 is 7.02. The van der Waals surface area contributed by atoms with Crippen molar-refractivity contribution in [3.63, 3.8) is 0 Å². The largest absolute Gasteiger partial charge is 0.496 e. The monoisotopic (exact) mass is 402 g/mol. The Morgan fingerprint density at radius 2 is 2.15 bits per heavy atom. The van der Waals surface area contributed by atoms with Gasteiger partial charge in [0.05, 0.1) is 34.0 Å². The molecule has 2 rings (SSSR count). The van der Waals surface area contributed by atoms with Crippen LogP contribution in [0.2, 0.25) is 0 Å². The number of nitrogens with zero attached hydrogens (tertiary/aromatic N) is 2. The van der Waals surface area contributed by atoms with Crippen molar-refractivity contribution >= 4 is 31.9 Å². The van der Waals surface area contributed by atoms with E-state index < -0.39 is 0 Å². The molecule has 108 valence electrons. The van der Waals surface area contributed by atoms with Gasteiger partial charge in [-0.25, -0.2) is 5.43 Å². The van der Waals surface area contributed by atoms with Gasteiger partial charge in [0.2, 0.25) is 0 Å². The van der Waals surface area contributed by atoms with Crippen molar-refractivity contribution in [2.75, 3.05) is 7.11 Å². The number of rotatable bonds is 5. The lowest BCUT2D eigenvalue weighted by Crippen LogP contribution is -2.31. The lowest BCUT2D eigenvalue weighted by molar-refractivity contribution is 0.411. The second-order valence-electron chi connectivity index (χ2n) is 4.19. The zero-order valence-corrected chi connectivity index (χ0v) is 14.4. The third-order valence-electron chi connectivity index (χ3n) is 3.08. The predicted octanol–water partition coefficient (Wildman–Crippen LogP) is 2.99. The predicted molar refractivity (Wildman–Crippen MR) is 85.5 cm³/mol. The Kier molecular flexibility index (Phi) is 5.20. The fourth-order valence-electron chi connectivity index (χ4n) is 2.11. The summed E-state index contributed by atoms with van der Waals surface area (Å²) in [4.78, 5) is 0. The first-order valence-electron chi connectivity index (χ1n) is 6.13. The van der Waals surface area contributed by atoms with E-state index in [1.54, 1.807) is 13.3 Å². The standard InChI is InChI=1S/C13H16Br2N4O/c1-3-19-13(10(15)7-17-19)12(18-16)8-4-5-11(20-2)9(14)6-8/h4-7,12,18H,3,16H2,1-2H3. The molecule has 1 unspecified atom stereocenters. The molecule has 2 aromatic rings. The highest BCUT2D eigenvalue weighted by molar-refractivity contribution is 9.10. The van der Waals surface area contributed by atoms with Crippen LogP contribution >= 0.6 is 31.9 Å². The fourth-order valence-corrected chi connectivity index (χ4v) is 3.19. The lowest BCUT2D eigenvalue weighted by atomic mass is 10.0. The Labute approximate surface area is 134 Å². The van der Waals surface area contributed by atoms with E-state index in [4.69, 9.17) is 10.6 Å². The number of aryl methyl sites for hydroxylation is 1. The Hall–Kier alpha value is -0.890. The molecule has 0 aliphatic heterocycles. The van der Waals surface area contributed by atoms with E-state index in [-0.39, 0.29) is 6.04 Å². The highest BCUT2D eigenvalue weighted by atomic mass is 79.9. The van der Waals surface area contributed by atoms with Crippen LogP contribution in [0.3, 0.4) is 0 Å². The number of ether oxygens (including phenoxy) is 1. The molecule has 3 N–H and O–H groups in total. The molecule has 1 aromatic carbocycles. The SMILES string of the molecule is CCn1ncc(Br)c1C(NN)c1ccc(OC)c(Br)c1. The van der Waals surface area contributed by atoms with Gasteiger partial charge in [0, 0.05) is 6.54 Å². The van der Waals surface area contributed by atoms with Crippen LogP contribution in [0.25, 0.3) is 0 Å². The fraction of sp³-hybridized carbons (Fsp3) is 0.308. The van der Waals surface area contributed by atoms with Gasteiger partial charge in [0.1, 0.15) is 5.75 Å².